The number of carbonyl (C=O) groups excluding carboxylic acids is 1. The lowest BCUT2D eigenvalue weighted by molar-refractivity contribution is 0.0156. The second kappa shape index (κ2) is 7.56. The topological polar surface area (TPSA) is 57.7 Å². The van der Waals surface area contributed by atoms with E-state index in [1.165, 1.54) is 0 Å². The van der Waals surface area contributed by atoms with Crippen LogP contribution in [0.5, 0.6) is 0 Å². The Labute approximate surface area is 131 Å². The summed E-state index contributed by atoms with van der Waals surface area (Å²) in [5.74, 6) is 0. The van der Waals surface area contributed by atoms with Crippen LogP contribution in [0.25, 0.3) is 0 Å². The van der Waals surface area contributed by atoms with Gasteiger partial charge >= 0.3 is 6.03 Å². The SMILES string of the molecule is O=C(NC[C@H](c1ccccn1)N1CCOCC1)N1CCCC1. The average molecular weight is 304 g/mol. The lowest BCUT2D eigenvalue weighted by Gasteiger charge is -2.34. The largest absolute Gasteiger partial charge is 0.379 e. The highest BCUT2D eigenvalue weighted by atomic mass is 16.5. The van der Waals surface area contributed by atoms with Crippen molar-refractivity contribution in [2.75, 3.05) is 45.9 Å². The summed E-state index contributed by atoms with van der Waals surface area (Å²) in [6.45, 7) is 5.57. The molecule has 3 heterocycles. The Bertz CT molecular complexity index is 470. The summed E-state index contributed by atoms with van der Waals surface area (Å²) in [6.07, 6.45) is 4.03. The number of nitrogens with zero attached hydrogens (tertiary/aromatic N) is 3. The van der Waals surface area contributed by atoms with E-state index in [4.69, 9.17) is 4.74 Å². The molecule has 6 nitrogen and oxygen atoms in total. The minimum Gasteiger partial charge on any atom is -0.379 e. The van der Waals surface area contributed by atoms with Crippen molar-refractivity contribution < 1.29 is 9.53 Å². The van der Waals surface area contributed by atoms with E-state index in [-0.39, 0.29) is 12.1 Å². The quantitative estimate of drug-likeness (QED) is 0.910. The summed E-state index contributed by atoms with van der Waals surface area (Å²) in [4.78, 5) is 20.9. The molecule has 1 aromatic heterocycles. The molecule has 3 rings (SSSR count). The normalized spacial score (nSPS) is 20.8. The van der Waals surface area contributed by atoms with E-state index in [0.717, 1.165) is 57.9 Å². The van der Waals surface area contributed by atoms with Gasteiger partial charge in [-0.3, -0.25) is 9.88 Å². The standard InChI is InChI=1S/C16H24N4O2/c21-16(20-7-3-4-8-20)18-13-15(14-5-1-2-6-17-14)19-9-11-22-12-10-19/h1-2,5-6,15H,3-4,7-13H2,(H,18,21)/t15-/m1/s1. The molecule has 0 unspecified atom stereocenters. The number of pyridine rings is 1. The van der Waals surface area contributed by atoms with Gasteiger partial charge in [-0.15, -0.1) is 0 Å². The molecule has 0 spiro atoms. The van der Waals surface area contributed by atoms with E-state index in [9.17, 15) is 4.79 Å². The average Bonchev–Trinajstić information content (AvgIpc) is 3.11. The lowest BCUT2D eigenvalue weighted by atomic mass is 10.1. The number of likely N-dealkylation sites (tertiary alicyclic amines) is 1. The maximum atomic E-state index is 12.2. The van der Waals surface area contributed by atoms with Crippen LogP contribution in [-0.4, -0.2) is 66.8 Å². The Hall–Kier alpha value is -1.66. The molecule has 0 aromatic carbocycles. The third-order valence-electron chi connectivity index (χ3n) is 4.36. The molecule has 0 aliphatic carbocycles. The number of hydrogen-bond acceptors (Lipinski definition) is 4. The van der Waals surface area contributed by atoms with Gasteiger partial charge < -0.3 is 15.0 Å². The summed E-state index contributed by atoms with van der Waals surface area (Å²) in [5, 5.41) is 3.08. The fourth-order valence-corrected chi connectivity index (χ4v) is 3.10. The van der Waals surface area contributed by atoms with Crippen molar-refractivity contribution in [2.24, 2.45) is 0 Å². The van der Waals surface area contributed by atoms with Crippen LogP contribution < -0.4 is 5.32 Å². The van der Waals surface area contributed by atoms with Crippen molar-refractivity contribution in [3.05, 3.63) is 30.1 Å². The van der Waals surface area contributed by atoms with Gasteiger partial charge in [0.25, 0.3) is 0 Å². The van der Waals surface area contributed by atoms with Gasteiger partial charge in [0.15, 0.2) is 0 Å². The Kier molecular flexibility index (Phi) is 5.24. The molecule has 2 amide bonds. The van der Waals surface area contributed by atoms with Crippen LogP contribution in [0.15, 0.2) is 24.4 Å². The van der Waals surface area contributed by atoms with E-state index < -0.39 is 0 Å². The molecular weight excluding hydrogens is 280 g/mol. The molecule has 2 aliphatic rings. The molecule has 1 atom stereocenters. The Morgan fingerprint density at radius 1 is 1.23 bits per heavy atom. The molecule has 1 aromatic rings. The van der Waals surface area contributed by atoms with Gasteiger partial charge in [-0.05, 0) is 25.0 Å². The van der Waals surface area contributed by atoms with Gasteiger partial charge in [-0.2, -0.15) is 0 Å². The molecule has 2 saturated heterocycles. The predicted octanol–water partition coefficient (Wildman–Crippen LogP) is 1.26. The number of carbonyl (C=O) groups is 1. The molecule has 2 fully saturated rings. The lowest BCUT2D eigenvalue weighted by Crippen LogP contribution is -2.46. The first kappa shape index (κ1) is 15.2. The number of morpholine rings is 1. The minimum absolute atomic E-state index is 0.0479. The van der Waals surface area contributed by atoms with Gasteiger partial charge in [0.05, 0.1) is 24.9 Å². The molecule has 0 saturated carbocycles. The van der Waals surface area contributed by atoms with E-state index in [1.807, 2.05) is 29.3 Å². The van der Waals surface area contributed by atoms with Crippen LogP contribution in [0.2, 0.25) is 0 Å². The first-order chi connectivity index (χ1) is 10.8. The summed E-state index contributed by atoms with van der Waals surface area (Å²) in [5.41, 5.74) is 1.01. The molecule has 0 radical (unpaired) electrons. The third kappa shape index (κ3) is 3.75. The Morgan fingerprint density at radius 2 is 2.00 bits per heavy atom. The van der Waals surface area contributed by atoms with Gasteiger partial charge in [-0.1, -0.05) is 6.07 Å². The van der Waals surface area contributed by atoms with Crippen molar-refractivity contribution >= 4 is 6.03 Å². The molecule has 22 heavy (non-hydrogen) atoms. The molecule has 0 bridgehead atoms. The molecule has 6 heteroatoms. The zero-order valence-electron chi connectivity index (χ0n) is 12.9. The first-order valence-electron chi connectivity index (χ1n) is 8.10. The highest BCUT2D eigenvalue weighted by molar-refractivity contribution is 5.74. The first-order valence-corrected chi connectivity index (χ1v) is 8.10. The van der Waals surface area contributed by atoms with Gasteiger partial charge in [0, 0.05) is 38.9 Å². The van der Waals surface area contributed by atoms with Crippen LogP contribution >= 0.6 is 0 Å². The molecular formula is C16H24N4O2. The summed E-state index contributed by atoms with van der Waals surface area (Å²) >= 11 is 0. The smallest absolute Gasteiger partial charge is 0.317 e. The summed E-state index contributed by atoms with van der Waals surface area (Å²) < 4.78 is 5.43. The number of ether oxygens (including phenoxy) is 1. The van der Waals surface area contributed by atoms with Crippen LogP contribution in [0.1, 0.15) is 24.6 Å². The Morgan fingerprint density at radius 3 is 2.68 bits per heavy atom. The van der Waals surface area contributed by atoms with Crippen molar-refractivity contribution in [1.82, 2.24) is 20.1 Å². The zero-order chi connectivity index (χ0) is 15.2. The third-order valence-corrected chi connectivity index (χ3v) is 4.36. The van der Waals surface area contributed by atoms with Crippen LogP contribution in [0, 0.1) is 0 Å². The molecule has 120 valence electrons. The van der Waals surface area contributed by atoms with Gasteiger partial charge in [-0.25, -0.2) is 4.79 Å². The van der Waals surface area contributed by atoms with E-state index >= 15 is 0 Å². The number of aromatic nitrogens is 1. The summed E-state index contributed by atoms with van der Waals surface area (Å²) in [6, 6.07) is 6.10. The highest BCUT2D eigenvalue weighted by Gasteiger charge is 2.25. The number of nitrogens with one attached hydrogen (secondary N) is 1. The fraction of sp³-hybridized carbons (Fsp3) is 0.625. The van der Waals surface area contributed by atoms with Crippen LogP contribution in [0.4, 0.5) is 4.79 Å². The number of hydrogen-bond donors (Lipinski definition) is 1. The predicted molar refractivity (Wildman–Crippen MR) is 83.6 cm³/mol. The fourth-order valence-electron chi connectivity index (χ4n) is 3.10. The van der Waals surface area contributed by atoms with Crippen molar-refractivity contribution in [1.29, 1.82) is 0 Å². The monoisotopic (exact) mass is 304 g/mol. The second-order valence-electron chi connectivity index (χ2n) is 5.80. The van der Waals surface area contributed by atoms with Crippen molar-refractivity contribution in [3.63, 3.8) is 0 Å². The minimum atomic E-state index is 0.0479. The van der Waals surface area contributed by atoms with Crippen LogP contribution in [-0.2, 0) is 4.74 Å². The summed E-state index contributed by atoms with van der Waals surface area (Å²) in [7, 11) is 0. The van der Waals surface area contributed by atoms with E-state index in [2.05, 4.69) is 15.2 Å². The maximum Gasteiger partial charge on any atom is 0.317 e. The van der Waals surface area contributed by atoms with Gasteiger partial charge in [0.1, 0.15) is 0 Å². The second-order valence-corrected chi connectivity index (χ2v) is 5.80. The van der Waals surface area contributed by atoms with Crippen molar-refractivity contribution in [3.8, 4) is 0 Å². The number of rotatable bonds is 4. The number of amides is 2. The Balaban J connectivity index is 1.64. The van der Waals surface area contributed by atoms with E-state index in [1.54, 1.807) is 0 Å². The van der Waals surface area contributed by atoms with Crippen LogP contribution in [0.3, 0.4) is 0 Å². The van der Waals surface area contributed by atoms with Gasteiger partial charge in [0.2, 0.25) is 0 Å². The highest BCUT2D eigenvalue weighted by Crippen LogP contribution is 2.19. The number of urea groups is 1. The van der Waals surface area contributed by atoms with E-state index in [0.29, 0.717) is 6.54 Å². The van der Waals surface area contributed by atoms with Crippen molar-refractivity contribution in [2.45, 2.75) is 18.9 Å². The molecule has 2 aliphatic heterocycles. The zero-order valence-corrected chi connectivity index (χ0v) is 12.9. The maximum absolute atomic E-state index is 12.2. The molecule has 1 N–H and O–H groups in total.